The monoisotopic (exact) mass is 278 g/mol. The molecular weight excluding hydrogens is 252 g/mol. The first-order valence-corrected chi connectivity index (χ1v) is 7.08. The van der Waals surface area contributed by atoms with E-state index in [1.165, 1.54) is 5.56 Å². The Balaban J connectivity index is 2.37. The second-order valence-corrected chi connectivity index (χ2v) is 6.19. The SMILES string of the molecule is CC(O)CCNC(=O)NCc1ccc(C(C)(C)C)cc1. The lowest BCUT2D eigenvalue weighted by Gasteiger charge is -2.19. The van der Waals surface area contributed by atoms with Crippen molar-refractivity contribution in [3.8, 4) is 0 Å². The maximum Gasteiger partial charge on any atom is 0.315 e. The number of benzene rings is 1. The molecule has 0 radical (unpaired) electrons. The molecule has 2 amide bonds. The molecule has 0 aliphatic rings. The molecule has 0 bridgehead atoms. The summed E-state index contributed by atoms with van der Waals surface area (Å²) in [6, 6.07) is 8.07. The first kappa shape index (κ1) is 16.5. The van der Waals surface area contributed by atoms with E-state index < -0.39 is 0 Å². The van der Waals surface area contributed by atoms with Gasteiger partial charge in [0.2, 0.25) is 0 Å². The van der Waals surface area contributed by atoms with Crippen molar-refractivity contribution in [3.63, 3.8) is 0 Å². The summed E-state index contributed by atoms with van der Waals surface area (Å²) in [7, 11) is 0. The van der Waals surface area contributed by atoms with Gasteiger partial charge in [-0.3, -0.25) is 0 Å². The van der Waals surface area contributed by atoms with Gasteiger partial charge in [0.05, 0.1) is 6.10 Å². The second-order valence-electron chi connectivity index (χ2n) is 6.19. The normalized spacial score (nSPS) is 12.8. The lowest BCUT2D eigenvalue weighted by molar-refractivity contribution is 0.183. The van der Waals surface area contributed by atoms with E-state index in [4.69, 9.17) is 5.11 Å². The van der Waals surface area contributed by atoms with Crippen molar-refractivity contribution in [2.45, 2.75) is 52.2 Å². The molecule has 1 unspecified atom stereocenters. The highest BCUT2D eigenvalue weighted by atomic mass is 16.3. The van der Waals surface area contributed by atoms with Gasteiger partial charge in [-0.25, -0.2) is 4.79 Å². The standard InChI is InChI=1S/C16H26N2O2/c1-12(19)9-10-17-15(20)18-11-13-5-7-14(8-6-13)16(2,3)4/h5-8,12,19H,9-11H2,1-4H3,(H2,17,18,20). The summed E-state index contributed by atoms with van der Waals surface area (Å²) in [5.74, 6) is 0. The molecule has 1 rings (SSSR count). The van der Waals surface area contributed by atoms with Crippen molar-refractivity contribution in [3.05, 3.63) is 35.4 Å². The fourth-order valence-electron chi connectivity index (χ4n) is 1.76. The fourth-order valence-corrected chi connectivity index (χ4v) is 1.76. The molecule has 4 nitrogen and oxygen atoms in total. The van der Waals surface area contributed by atoms with Crippen LogP contribution < -0.4 is 10.6 Å². The van der Waals surface area contributed by atoms with E-state index in [-0.39, 0.29) is 17.6 Å². The molecule has 0 saturated heterocycles. The highest BCUT2D eigenvalue weighted by Crippen LogP contribution is 2.22. The molecule has 0 fully saturated rings. The second kappa shape index (κ2) is 7.29. The van der Waals surface area contributed by atoms with Gasteiger partial charge in [0.15, 0.2) is 0 Å². The first-order valence-electron chi connectivity index (χ1n) is 7.08. The molecule has 1 atom stereocenters. The number of carbonyl (C=O) groups is 1. The highest BCUT2D eigenvalue weighted by molar-refractivity contribution is 5.73. The minimum atomic E-state index is -0.389. The molecule has 20 heavy (non-hydrogen) atoms. The van der Waals surface area contributed by atoms with Gasteiger partial charge in [-0.15, -0.1) is 0 Å². The number of aliphatic hydroxyl groups excluding tert-OH is 1. The molecule has 0 aliphatic heterocycles. The minimum Gasteiger partial charge on any atom is -0.393 e. The van der Waals surface area contributed by atoms with E-state index in [1.807, 2.05) is 12.1 Å². The summed E-state index contributed by atoms with van der Waals surface area (Å²) in [6.45, 7) is 9.22. The number of amides is 2. The van der Waals surface area contributed by atoms with Gasteiger partial charge >= 0.3 is 6.03 Å². The third-order valence-corrected chi connectivity index (χ3v) is 3.12. The van der Waals surface area contributed by atoms with Gasteiger partial charge in [-0.05, 0) is 29.9 Å². The number of urea groups is 1. The van der Waals surface area contributed by atoms with Gasteiger partial charge in [0, 0.05) is 13.1 Å². The van der Waals surface area contributed by atoms with E-state index in [1.54, 1.807) is 6.92 Å². The van der Waals surface area contributed by atoms with Crippen molar-refractivity contribution in [2.75, 3.05) is 6.54 Å². The Labute approximate surface area is 121 Å². The summed E-state index contributed by atoms with van der Waals surface area (Å²) in [4.78, 5) is 11.5. The molecule has 4 heteroatoms. The Morgan fingerprint density at radius 1 is 1.20 bits per heavy atom. The summed E-state index contributed by atoms with van der Waals surface area (Å²) in [6.07, 6.45) is 0.175. The van der Waals surface area contributed by atoms with Crippen LogP contribution in [0, 0.1) is 0 Å². The van der Waals surface area contributed by atoms with Gasteiger partial charge in [0.25, 0.3) is 0 Å². The average molecular weight is 278 g/mol. The molecule has 0 heterocycles. The quantitative estimate of drug-likeness (QED) is 0.775. The highest BCUT2D eigenvalue weighted by Gasteiger charge is 2.12. The predicted molar refractivity (Wildman–Crippen MR) is 81.7 cm³/mol. The van der Waals surface area contributed by atoms with Crippen LogP contribution in [0.25, 0.3) is 0 Å². The molecule has 0 spiro atoms. The molecule has 0 saturated carbocycles. The third-order valence-electron chi connectivity index (χ3n) is 3.12. The van der Waals surface area contributed by atoms with Crippen LogP contribution >= 0.6 is 0 Å². The van der Waals surface area contributed by atoms with Crippen LogP contribution in [-0.4, -0.2) is 23.8 Å². The Morgan fingerprint density at radius 3 is 2.30 bits per heavy atom. The number of aliphatic hydroxyl groups is 1. The largest absolute Gasteiger partial charge is 0.393 e. The number of carbonyl (C=O) groups excluding carboxylic acids is 1. The van der Waals surface area contributed by atoms with Gasteiger partial charge < -0.3 is 15.7 Å². The zero-order valence-electron chi connectivity index (χ0n) is 12.9. The third kappa shape index (κ3) is 6.06. The number of hydrogen-bond acceptors (Lipinski definition) is 2. The van der Waals surface area contributed by atoms with Crippen LogP contribution in [0.4, 0.5) is 4.79 Å². The molecule has 3 N–H and O–H groups in total. The topological polar surface area (TPSA) is 61.4 Å². The Bertz CT molecular complexity index is 419. The van der Waals surface area contributed by atoms with E-state index in [9.17, 15) is 4.79 Å². The van der Waals surface area contributed by atoms with Crippen molar-refractivity contribution in [2.24, 2.45) is 0 Å². The number of hydrogen-bond donors (Lipinski definition) is 3. The van der Waals surface area contributed by atoms with Crippen LogP contribution in [0.5, 0.6) is 0 Å². The van der Waals surface area contributed by atoms with Gasteiger partial charge in [-0.2, -0.15) is 0 Å². The predicted octanol–water partition coefficient (Wildman–Crippen LogP) is 2.55. The Kier molecular flexibility index (Phi) is 6.02. The summed E-state index contributed by atoms with van der Waals surface area (Å²) >= 11 is 0. The van der Waals surface area contributed by atoms with Gasteiger partial charge in [0.1, 0.15) is 0 Å². The lowest BCUT2D eigenvalue weighted by atomic mass is 9.87. The molecule has 1 aromatic rings. The maximum absolute atomic E-state index is 11.5. The van der Waals surface area contributed by atoms with Crippen LogP contribution in [0.1, 0.15) is 45.2 Å². The maximum atomic E-state index is 11.5. The van der Waals surface area contributed by atoms with E-state index in [0.717, 1.165) is 5.56 Å². The zero-order chi connectivity index (χ0) is 15.2. The fraction of sp³-hybridized carbons (Fsp3) is 0.562. The molecule has 0 aliphatic carbocycles. The first-order chi connectivity index (χ1) is 9.29. The van der Waals surface area contributed by atoms with Crippen LogP contribution in [0.3, 0.4) is 0 Å². The van der Waals surface area contributed by atoms with E-state index in [2.05, 4.69) is 43.5 Å². The molecule has 0 aromatic heterocycles. The molecule has 1 aromatic carbocycles. The summed E-state index contributed by atoms with van der Waals surface area (Å²) in [5.41, 5.74) is 2.50. The zero-order valence-corrected chi connectivity index (χ0v) is 12.9. The summed E-state index contributed by atoms with van der Waals surface area (Å²) < 4.78 is 0. The lowest BCUT2D eigenvalue weighted by Crippen LogP contribution is -2.36. The molecule has 112 valence electrons. The van der Waals surface area contributed by atoms with Crippen LogP contribution in [0.15, 0.2) is 24.3 Å². The van der Waals surface area contributed by atoms with Crippen molar-refractivity contribution in [1.82, 2.24) is 10.6 Å². The Morgan fingerprint density at radius 2 is 1.80 bits per heavy atom. The summed E-state index contributed by atoms with van der Waals surface area (Å²) in [5, 5.41) is 14.6. The average Bonchev–Trinajstić information content (AvgIpc) is 2.35. The van der Waals surface area contributed by atoms with E-state index >= 15 is 0 Å². The van der Waals surface area contributed by atoms with Crippen molar-refractivity contribution >= 4 is 6.03 Å². The van der Waals surface area contributed by atoms with Gasteiger partial charge in [-0.1, -0.05) is 45.0 Å². The number of nitrogens with one attached hydrogen (secondary N) is 2. The van der Waals surface area contributed by atoms with Crippen LogP contribution in [0.2, 0.25) is 0 Å². The van der Waals surface area contributed by atoms with Crippen LogP contribution in [-0.2, 0) is 12.0 Å². The Hall–Kier alpha value is -1.55. The number of rotatable bonds is 5. The molecular formula is C16H26N2O2. The van der Waals surface area contributed by atoms with Crippen molar-refractivity contribution < 1.29 is 9.90 Å². The van der Waals surface area contributed by atoms with Crippen molar-refractivity contribution in [1.29, 1.82) is 0 Å². The smallest absolute Gasteiger partial charge is 0.315 e. The minimum absolute atomic E-state index is 0.143. The van der Waals surface area contributed by atoms with E-state index in [0.29, 0.717) is 19.5 Å².